The molecule has 0 atom stereocenters. The minimum atomic E-state index is -0.731. The van der Waals surface area contributed by atoms with Crippen molar-refractivity contribution in [2.24, 2.45) is 0 Å². The first-order chi connectivity index (χ1) is 7.66. The van der Waals surface area contributed by atoms with Crippen molar-refractivity contribution >= 4 is 32.2 Å². The van der Waals surface area contributed by atoms with Crippen LogP contribution in [-0.4, -0.2) is 8.80 Å². The molecule has 0 amide bonds. The fraction of sp³-hybridized carbons (Fsp3) is 0.200. The summed E-state index contributed by atoms with van der Waals surface area (Å²) >= 11 is 0. The monoisotopic (exact) mass is 224 g/mol. The maximum atomic E-state index is 2.41. The summed E-state index contributed by atoms with van der Waals surface area (Å²) in [6.45, 7) is 7.08. The molecule has 2 aliphatic rings. The number of benzene rings is 1. The van der Waals surface area contributed by atoms with Gasteiger partial charge in [-0.2, -0.15) is 0 Å². The molecule has 1 aromatic carbocycles. The number of hydrogen-bond acceptors (Lipinski definition) is 0. The molecule has 3 rings (SSSR count). The van der Waals surface area contributed by atoms with Gasteiger partial charge in [0.15, 0.2) is 0 Å². The standard InChI is InChI=1S/C15H16Si/c1-10-7-13-8-11-5-4-6-12(11)9-14(13)15(10)16(2)3/h4-9,16H,1-3H3. The van der Waals surface area contributed by atoms with Gasteiger partial charge in [0.25, 0.3) is 0 Å². The minimum Gasteiger partial charge on any atom is -0.0682 e. The van der Waals surface area contributed by atoms with Crippen molar-refractivity contribution in [3.05, 3.63) is 45.3 Å². The van der Waals surface area contributed by atoms with Crippen LogP contribution < -0.4 is 10.4 Å². The van der Waals surface area contributed by atoms with Crippen LogP contribution >= 0.6 is 0 Å². The number of hydrogen-bond donors (Lipinski definition) is 0. The van der Waals surface area contributed by atoms with Gasteiger partial charge < -0.3 is 0 Å². The lowest BCUT2D eigenvalue weighted by Gasteiger charge is -2.07. The van der Waals surface area contributed by atoms with E-state index in [1.165, 1.54) is 27.1 Å². The molecule has 0 unspecified atom stereocenters. The van der Waals surface area contributed by atoms with Crippen molar-refractivity contribution < 1.29 is 0 Å². The summed E-state index contributed by atoms with van der Waals surface area (Å²) in [5.74, 6) is 0. The molecule has 80 valence electrons. The van der Waals surface area contributed by atoms with E-state index in [2.05, 4.69) is 56.5 Å². The molecule has 0 nitrogen and oxygen atoms in total. The molecule has 0 spiro atoms. The molecule has 0 saturated carbocycles. The Morgan fingerprint density at radius 3 is 2.62 bits per heavy atom. The second-order valence-corrected chi connectivity index (χ2v) is 7.88. The second-order valence-electron chi connectivity index (χ2n) is 4.99. The highest BCUT2D eigenvalue weighted by Crippen LogP contribution is 2.22. The lowest BCUT2D eigenvalue weighted by atomic mass is 10.1. The van der Waals surface area contributed by atoms with Crippen LogP contribution in [0.5, 0.6) is 0 Å². The number of allylic oxidation sites excluding steroid dienone is 2. The highest BCUT2D eigenvalue weighted by Gasteiger charge is 2.16. The molecule has 0 fully saturated rings. The average Bonchev–Trinajstić information content (AvgIpc) is 2.75. The van der Waals surface area contributed by atoms with Crippen LogP contribution in [0.15, 0.2) is 23.8 Å². The van der Waals surface area contributed by atoms with Gasteiger partial charge in [-0.1, -0.05) is 48.2 Å². The second kappa shape index (κ2) is 3.32. The maximum absolute atomic E-state index is 2.41. The molecule has 2 aliphatic carbocycles. The molecule has 0 aliphatic heterocycles. The Balaban J connectivity index is 2.39. The van der Waals surface area contributed by atoms with Crippen LogP contribution in [0.4, 0.5) is 0 Å². The van der Waals surface area contributed by atoms with Gasteiger partial charge in [-0.05, 0) is 40.6 Å². The topological polar surface area (TPSA) is 0 Å². The van der Waals surface area contributed by atoms with E-state index in [4.69, 9.17) is 0 Å². The Labute approximate surface area is 97.9 Å². The van der Waals surface area contributed by atoms with E-state index in [1.807, 2.05) is 0 Å². The summed E-state index contributed by atoms with van der Waals surface area (Å²) in [4.78, 5) is 0. The largest absolute Gasteiger partial charge is 0.0682 e. The fourth-order valence-corrected chi connectivity index (χ4v) is 4.70. The minimum absolute atomic E-state index is 0.731. The van der Waals surface area contributed by atoms with Gasteiger partial charge in [0.05, 0.1) is 8.80 Å². The predicted molar refractivity (Wildman–Crippen MR) is 75.1 cm³/mol. The van der Waals surface area contributed by atoms with Crippen LogP contribution in [0.25, 0.3) is 23.4 Å². The molecule has 0 saturated heterocycles. The van der Waals surface area contributed by atoms with E-state index in [1.54, 1.807) is 5.20 Å². The molecule has 1 heteroatoms. The third kappa shape index (κ3) is 1.28. The van der Waals surface area contributed by atoms with Gasteiger partial charge in [-0.15, -0.1) is 0 Å². The molecule has 0 bridgehead atoms. The molecular weight excluding hydrogens is 208 g/mol. The van der Waals surface area contributed by atoms with Gasteiger partial charge in [-0.3, -0.25) is 0 Å². The summed E-state index contributed by atoms with van der Waals surface area (Å²) in [7, 11) is -0.731. The molecule has 16 heavy (non-hydrogen) atoms. The summed E-state index contributed by atoms with van der Waals surface area (Å²) in [6, 6.07) is 4.71. The Bertz CT molecular complexity index is 643. The van der Waals surface area contributed by atoms with Crippen LogP contribution in [0.1, 0.15) is 18.1 Å². The summed E-state index contributed by atoms with van der Waals surface area (Å²) < 4.78 is 0. The highest BCUT2D eigenvalue weighted by molar-refractivity contribution is 6.77. The molecule has 0 heterocycles. The van der Waals surface area contributed by atoms with Crippen LogP contribution in [0, 0.1) is 0 Å². The first kappa shape index (κ1) is 9.85. The lowest BCUT2D eigenvalue weighted by molar-refractivity contribution is 1.50. The van der Waals surface area contributed by atoms with E-state index >= 15 is 0 Å². The van der Waals surface area contributed by atoms with Gasteiger partial charge in [0.2, 0.25) is 0 Å². The van der Waals surface area contributed by atoms with E-state index in [0.717, 1.165) is 0 Å². The molecule has 0 aromatic heterocycles. The van der Waals surface area contributed by atoms with Gasteiger partial charge in [0, 0.05) is 0 Å². The number of fused-ring (bicyclic) bond motifs is 2. The van der Waals surface area contributed by atoms with E-state index in [-0.39, 0.29) is 0 Å². The average molecular weight is 224 g/mol. The maximum Gasteiger partial charge on any atom is 0.0658 e. The summed E-state index contributed by atoms with van der Waals surface area (Å²) in [5.41, 5.74) is 4.30. The predicted octanol–water partition coefficient (Wildman–Crippen LogP) is 2.09. The smallest absolute Gasteiger partial charge is 0.0658 e. The van der Waals surface area contributed by atoms with E-state index in [9.17, 15) is 0 Å². The van der Waals surface area contributed by atoms with E-state index in [0.29, 0.717) is 0 Å². The van der Waals surface area contributed by atoms with Gasteiger partial charge >= 0.3 is 0 Å². The molecular formula is C15H16Si. The zero-order valence-electron chi connectivity index (χ0n) is 10.0. The van der Waals surface area contributed by atoms with E-state index < -0.39 is 8.80 Å². The van der Waals surface area contributed by atoms with Crippen molar-refractivity contribution in [1.29, 1.82) is 0 Å². The summed E-state index contributed by atoms with van der Waals surface area (Å²) in [5, 5.41) is 4.52. The first-order valence-electron chi connectivity index (χ1n) is 5.92. The zero-order valence-corrected chi connectivity index (χ0v) is 11.2. The van der Waals surface area contributed by atoms with Crippen molar-refractivity contribution in [3.63, 3.8) is 0 Å². The highest BCUT2D eigenvalue weighted by atomic mass is 28.3. The van der Waals surface area contributed by atoms with Crippen LogP contribution in [0.2, 0.25) is 13.1 Å². The molecule has 0 N–H and O–H groups in total. The Morgan fingerprint density at radius 1 is 1.06 bits per heavy atom. The van der Waals surface area contributed by atoms with Crippen LogP contribution in [0.3, 0.4) is 0 Å². The lowest BCUT2D eigenvalue weighted by Crippen LogP contribution is -2.19. The quantitative estimate of drug-likeness (QED) is 0.641. The van der Waals surface area contributed by atoms with Crippen molar-refractivity contribution in [1.82, 2.24) is 0 Å². The Morgan fingerprint density at radius 2 is 1.88 bits per heavy atom. The van der Waals surface area contributed by atoms with Crippen LogP contribution in [-0.2, 0) is 0 Å². The third-order valence-corrected chi connectivity index (χ3v) is 5.39. The Hall–Kier alpha value is -1.34. The normalized spacial score (nSPS) is 16.2. The Kier molecular flexibility index (Phi) is 2.05. The fourth-order valence-electron chi connectivity index (χ4n) is 2.84. The van der Waals surface area contributed by atoms with Gasteiger partial charge in [-0.25, -0.2) is 0 Å². The molecule has 0 radical (unpaired) electrons. The summed E-state index contributed by atoms with van der Waals surface area (Å²) in [6.07, 6.45) is 8.90. The first-order valence-corrected chi connectivity index (χ1v) is 8.81. The van der Waals surface area contributed by atoms with Crippen molar-refractivity contribution in [3.8, 4) is 0 Å². The third-order valence-electron chi connectivity index (χ3n) is 3.47. The zero-order chi connectivity index (χ0) is 11.3. The number of rotatable bonds is 1. The molecule has 1 aromatic rings. The van der Waals surface area contributed by atoms with Gasteiger partial charge in [0.1, 0.15) is 0 Å². The SMILES string of the molecule is CC1=Cc2cc3c(cc2=C1[SiH](C)C)C=CC=3. The van der Waals surface area contributed by atoms with Crippen molar-refractivity contribution in [2.75, 3.05) is 0 Å². The van der Waals surface area contributed by atoms with Crippen molar-refractivity contribution in [2.45, 2.75) is 20.0 Å².